The SMILES string of the molecule is NCc1ccc(COCC2CCOC2)cc1. The van der Waals surface area contributed by atoms with Gasteiger partial charge in [0.25, 0.3) is 0 Å². The fourth-order valence-corrected chi connectivity index (χ4v) is 1.83. The van der Waals surface area contributed by atoms with Gasteiger partial charge in [0.2, 0.25) is 0 Å². The molecule has 0 radical (unpaired) electrons. The van der Waals surface area contributed by atoms with E-state index in [1.807, 2.05) is 0 Å². The molecule has 0 amide bonds. The van der Waals surface area contributed by atoms with Crippen molar-refractivity contribution in [3.8, 4) is 0 Å². The Hall–Kier alpha value is -0.900. The van der Waals surface area contributed by atoms with E-state index in [0.717, 1.165) is 31.8 Å². The lowest BCUT2D eigenvalue weighted by Crippen LogP contribution is -2.09. The average molecular weight is 221 g/mol. The third kappa shape index (κ3) is 3.30. The minimum Gasteiger partial charge on any atom is -0.381 e. The van der Waals surface area contributed by atoms with Crippen molar-refractivity contribution in [2.24, 2.45) is 11.7 Å². The lowest BCUT2D eigenvalue weighted by molar-refractivity contribution is 0.0791. The normalized spacial score (nSPS) is 20.2. The van der Waals surface area contributed by atoms with Gasteiger partial charge >= 0.3 is 0 Å². The maximum absolute atomic E-state index is 5.67. The fourth-order valence-electron chi connectivity index (χ4n) is 1.83. The topological polar surface area (TPSA) is 44.5 Å². The molecule has 1 aromatic rings. The molecule has 0 aromatic heterocycles. The van der Waals surface area contributed by atoms with E-state index in [2.05, 4.69) is 24.3 Å². The second kappa shape index (κ2) is 5.99. The van der Waals surface area contributed by atoms with Crippen LogP contribution in [0.3, 0.4) is 0 Å². The summed E-state index contributed by atoms with van der Waals surface area (Å²) in [5.41, 5.74) is 7.90. The van der Waals surface area contributed by atoms with Crippen LogP contribution in [0.2, 0.25) is 0 Å². The third-order valence-corrected chi connectivity index (χ3v) is 2.90. The van der Waals surface area contributed by atoms with Crippen LogP contribution >= 0.6 is 0 Å². The van der Waals surface area contributed by atoms with Gasteiger partial charge in [0.15, 0.2) is 0 Å². The van der Waals surface area contributed by atoms with E-state index in [4.69, 9.17) is 15.2 Å². The van der Waals surface area contributed by atoms with Crippen molar-refractivity contribution in [1.29, 1.82) is 0 Å². The molecule has 1 heterocycles. The quantitative estimate of drug-likeness (QED) is 0.823. The summed E-state index contributed by atoms with van der Waals surface area (Å²) in [6.45, 7) is 3.83. The highest BCUT2D eigenvalue weighted by molar-refractivity contribution is 5.21. The highest BCUT2D eigenvalue weighted by Gasteiger charge is 2.15. The molecular weight excluding hydrogens is 202 g/mol. The minimum absolute atomic E-state index is 0.586. The van der Waals surface area contributed by atoms with Crippen molar-refractivity contribution >= 4 is 0 Å². The highest BCUT2D eigenvalue weighted by Crippen LogP contribution is 2.13. The van der Waals surface area contributed by atoms with Gasteiger partial charge in [0.1, 0.15) is 0 Å². The van der Waals surface area contributed by atoms with E-state index < -0.39 is 0 Å². The predicted molar refractivity (Wildman–Crippen MR) is 62.9 cm³/mol. The van der Waals surface area contributed by atoms with Crippen LogP contribution in [0.1, 0.15) is 17.5 Å². The first kappa shape index (κ1) is 11.6. The first-order chi connectivity index (χ1) is 7.88. The highest BCUT2D eigenvalue weighted by atomic mass is 16.5. The van der Waals surface area contributed by atoms with Gasteiger partial charge in [0.05, 0.1) is 19.8 Å². The van der Waals surface area contributed by atoms with Crippen LogP contribution in [-0.2, 0) is 22.6 Å². The molecule has 1 aliphatic heterocycles. The number of ether oxygens (including phenoxy) is 2. The molecule has 3 heteroatoms. The summed E-state index contributed by atoms with van der Waals surface area (Å²) in [5, 5.41) is 0. The van der Waals surface area contributed by atoms with Crippen molar-refractivity contribution in [2.75, 3.05) is 19.8 Å². The average Bonchev–Trinajstić information content (AvgIpc) is 2.83. The molecule has 0 spiro atoms. The van der Waals surface area contributed by atoms with Crippen LogP contribution in [-0.4, -0.2) is 19.8 Å². The van der Waals surface area contributed by atoms with Gasteiger partial charge in [-0.1, -0.05) is 24.3 Å². The van der Waals surface area contributed by atoms with Gasteiger partial charge in [0, 0.05) is 19.1 Å². The Kier molecular flexibility index (Phi) is 4.34. The zero-order chi connectivity index (χ0) is 11.2. The molecule has 0 saturated carbocycles. The maximum atomic E-state index is 5.67. The Labute approximate surface area is 96.5 Å². The van der Waals surface area contributed by atoms with E-state index in [0.29, 0.717) is 19.1 Å². The second-order valence-corrected chi connectivity index (χ2v) is 4.27. The lowest BCUT2D eigenvalue weighted by Gasteiger charge is -2.09. The number of nitrogens with two attached hydrogens (primary N) is 1. The number of rotatable bonds is 5. The smallest absolute Gasteiger partial charge is 0.0717 e. The lowest BCUT2D eigenvalue weighted by atomic mass is 10.1. The van der Waals surface area contributed by atoms with Crippen molar-refractivity contribution in [1.82, 2.24) is 0 Å². The van der Waals surface area contributed by atoms with Crippen molar-refractivity contribution in [3.63, 3.8) is 0 Å². The Morgan fingerprint density at radius 3 is 2.62 bits per heavy atom. The van der Waals surface area contributed by atoms with Crippen molar-refractivity contribution in [2.45, 2.75) is 19.6 Å². The zero-order valence-electron chi connectivity index (χ0n) is 9.52. The summed E-state index contributed by atoms with van der Waals surface area (Å²) in [5.74, 6) is 0.586. The van der Waals surface area contributed by atoms with Crippen LogP contribution in [0.5, 0.6) is 0 Å². The molecule has 88 valence electrons. The van der Waals surface area contributed by atoms with Crippen LogP contribution in [0.25, 0.3) is 0 Å². The molecule has 1 saturated heterocycles. The first-order valence-electron chi connectivity index (χ1n) is 5.82. The standard InChI is InChI=1S/C13H19NO2/c14-7-11-1-3-12(4-2-11)8-16-10-13-5-6-15-9-13/h1-4,13H,5-10,14H2. The molecule has 1 aliphatic rings. The third-order valence-electron chi connectivity index (χ3n) is 2.90. The summed E-state index contributed by atoms with van der Waals surface area (Å²) in [6, 6.07) is 8.26. The summed E-state index contributed by atoms with van der Waals surface area (Å²) >= 11 is 0. The molecule has 0 aliphatic carbocycles. The molecule has 1 atom stereocenters. The fraction of sp³-hybridized carbons (Fsp3) is 0.538. The summed E-state index contributed by atoms with van der Waals surface area (Å²) in [6.07, 6.45) is 1.13. The van der Waals surface area contributed by atoms with Gasteiger partial charge < -0.3 is 15.2 Å². The zero-order valence-corrected chi connectivity index (χ0v) is 9.52. The second-order valence-electron chi connectivity index (χ2n) is 4.27. The van der Waals surface area contributed by atoms with Crippen LogP contribution < -0.4 is 5.73 Å². The summed E-state index contributed by atoms with van der Waals surface area (Å²) in [7, 11) is 0. The van der Waals surface area contributed by atoms with E-state index >= 15 is 0 Å². The van der Waals surface area contributed by atoms with Crippen LogP contribution in [0, 0.1) is 5.92 Å². The van der Waals surface area contributed by atoms with Gasteiger partial charge in [-0.2, -0.15) is 0 Å². The van der Waals surface area contributed by atoms with Crippen LogP contribution in [0.4, 0.5) is 0 Å². The van der Waals surface area contributed by atoms with Gasteiger partial charge in [-0.25, -0.2) is 0 Å². The predicted octanol–water partition coefficient (Wildman–Crippen LogP) is 1.70. The molecule has 2 rings (SSSR count). The number of benzene rings is 1. The Morgan fingerprint density at radius 2 is 2.00 bits per heavy atom. The molecule has 1 unspecified atom stereocenters. The monoisotopic (exact) mass is 221 g/mol. The van der Waals surface area contributed by atoms with Gasteiger partial charge in [-0.15, -0.1) is 0 Å². The molecular formula is C13H19NO2. The molecule has 1 aromatic carbocycles. The molecule has 3 nitrogen and oxygen atoms in total. The summed E-state index contributed by atoms with van der Waals surface area (Å²) in [4.78, 5) is 0. The van der Waals surface area contributed by atoms with E-state index in [9.17, 15) is 0 Å². The molecule has 2 N–H and O–H groups in total. The molecule has 16 heavy (non-hydrogen) atoms. The van der Waals surface area contributed by atoms with Crippen LogP contribution in [0.15, 0.2) is 24.3 Å². The Morgan fingerprint density at radius 1 is 1.25 bits per heavy atom. The number of hydrogen-bond acceptors (Lipinski definition) is 3. The molecule has 0 bridgehead atoms. The Balaban J connectivity index is 1.71. The first-order valence-corrected chi connectivity index (χ1v) is 5.82. The number of hydrogen-bond donors (Lipinski definition) is 1. The largest absolute Gasteiger partial charge is 0.381 e. The van der Waals surface area contributed by atoms with Gasteiger partial charge in [-0.3, -0.25) is 0 Å². The maximum Gasteiger partial charge on any atom is 0.0717 e. The van der Waals surface area contributed by atoms with E-state index in [1.165, 1.54) is 5.56 Å². The van der Waals surface area contributed by atoms with Crippen molar-refractivity contribution < 1.29 is 9.47 Å². The van der Waals surface area contributed by atoms with E-state index in [-0.39, 0.29) is 0 Å². The Bertz CT molecular complexity index is 304. The van der Waals surface area contributed by atoms with E-state index in [1.54, 1.807) is 0 Å². The van der Waals surface area contributed by atoms with Crippen molar-refractivity contribution in [3.05, 3.63) is 35.4 Å². The molecule has 1 fully saturated rings. The summed E-state index contributed by atoms with van der Waals surface area (Å²) < 4.78 is 11.0. The minimum atomic E-state index is 0.586. The van der Waals surface area contributed by atoms with Gasteiger partial charge in [-0.05, 0) is 17.5 Å².